The Labute approximate surface area is 99.4 Å². The quantitative estimate of drug-likeness (QED) is 0.792. The first kappa shape index (κ1) is 11.2. The average molecular weight is 228 g/mol. The smallest absolute Gasteiger partial charge is 0.169 e. The minimum absolute atomic E-state index is 0.487. The minimum Gasteiger partial charge on any atom is -0.493 e. The molecule has 4 nitrogen and oxygen atoms in total. The number of rotatable bonds is 2. The third kappa shape index (κ3) is 1.66. The summed E-state index contributed by atoms with van der Waals surface area (Å²) >= 11 is 0. The van der Waals surface area contributed by atoms with Crippen LogP contribution in [0.15, 0.2) is 18.5 Å². The maximum atomic E-state index is 9.12. The first-order chi connectivity index (χ1) is 8.22. The number of aromatic nitrogens is 1. The highest BCUT2D eigenvalue weighted by atomic mass is 16.5. The second kappa shape index (κ2) is 4.30. The number of benzene rings is 1. The number of aryl methyl sites for hydroxylation is 1. The zero-order valence-electron chi connectivity index (χ0n) is 9.94. The normalized spacial score (nSPS) is 10.0. The van der Waals surface area contributed by atoms with Crippen LogP contribution in [0.3, 0.4) is 0 Å². The van der Waals surface area contributed by atoms with Gasteiger partial charge < -0.3 is 9.47 Å². The van der Waals surface area contributed by atoms with Gasteiger partial charge in [0.2, 0.25) is 0 Å². The van der Waals surface area contributed by atoms with Gasteiger partial charge in [0.1, 0.15) is 6.07 Å². The molecule has 0 saturated heterocycles. The predicted octanol–water partition coefficient (Wildman–Crippen LogP) is 2.43. The number of nitriles is 1. The molecule has 0 bridgehead atoms. The Morgan fingerprint density at radius 2 is 2.00 bits per heavy atom. The Balaban J connectivity index is 2.98. The fraction of sp³-hybridized carbons (Fsp3) is 0.231. The SMILES string of the molecule is COc1cc(C)c2cncc(C#N)c2c1OC. The van der Waals surface area contributed by atoms with Crippen LogP contribution in [-0.2, 0) is 0 Å². The molecule has 0 radical (unpaired) electrons. The molecule has 0 saturated carbocycles. The summed E-state index contributed by atoms with van der Waals surface area (Å²) in [4.78, 5) is 4.06. The van der Waals surface area contributed by atoms with Gasteiger partial charge in [-0.25, -0.2) is 0 Å². The van der Waals surface area contributed by atoms with Crippen LogP contribution in [0.1, 0.15) is 11.1 Å². The zero-order valence-corrected chi connectivity index (χ0v) is 9.94. The predicted molar refractivity (Wildman–Crippen MR) is 64.3 cm³/mol. The van der Waals surface area contributed by atoms with Gasteiger partial charge in [-0.05, 0) is 18.6 Å². The summed E-state index contributed by atoms with van der Waals surface area (Å²) in [5, 5.41) is 10.8. The summed E-state index contributed by atoms with van der Waals surface area (Å²) in [5.74, 6) is 1.20. The summed E-state index contributed by atoms with van der Waals surface area (Å²) in [7, 11) is 3.14. The third-order valence-electron chi connectivity index (χ3n) is 2.71. The number of ether oxygens (including phenoxy) is 2. The molecule has 0 atom stereocenters. The van der Waals surface area contributed by atoms with Crippen molar-refractivity contribution in [1.82, 2.24) is 4.98 Å². The van der Waals surface area contributed by atoms with E-state index in [0.29, 0.717) is 17.1 Å². The second-order valence-electron chi connectivity index (χ2n) is 3.65. The summed E-state index contributed by atoms with van der Waals surface area (Å²) < 4.78 is 10.6. The van der Waals surface area contributed by atoms with E-state index in [9.17, 15) is 0 Å². The second-order valence-corrected chi connectivity index (χ2v) is 3.65. The molecule has 0 fully saturated rings. The van der Waals surface area contributed by atoms with E-state index in [4.69, 9.17) is 14.7 Å². The molecule has 0 aliphatic heterocycles. The molecular weight excluding hydrogens is 216 g/mol. The van der Waals surface area contributed by atoms with Crippen LogP contribution in [0.5, 0.6) is 11.5 Å². The summed E-state index contributed by atoms with van der Waals surface area (Å²) in [6, 6.07) is 4.00. The highest BCUT2D eigenvalue weighted by Crippen LogP contribution is 2.38. The van der Waals surface area contributed by atoms with Crippen LogP contribution < -0.4 is 9.47 Å². The molecule has 17 heavy (non-hydrogen) atoms. The fourth-order valence-corrected chi connectivity index (χ4v) is 1.91. The minimum atomic E-state index is 0.487. The number of methoxy groups -OCH3 is 2. The fourth-order valence-electron chi connectivity index (χ4n) is 1.91. The first-order valence-electron chi connectivity index (χ1n) is 5.12. The largest absolute Gasteiger partial charge is 0.493 e. The van der Waals surface area contributed by atoms with Crippen LogP contribution in [0.25, 0.3) is 10.8 Å². The van der Waals surface area contributed by atoms with Gasteiger partial charge in [0.25, 0.3) is 0 Å². The van der Waals surface area contributed by atoms with Crippen molar-refractivity contribution in [3.8, 4) is 17.6 Å². The van der Waals surface area contributed by atoms with Crippen molar-refractivity contribution in [3.63, 3.8) is 0 Å². The number of nitrogens with zero attached hydrogens (tertiary/aromatic N) is 2. The van der Waals surface area contributed by atoms with Gasteiger partial charge in [-0.15, -0.1) is 0 Å². The summed E-state index contributed by atoms with van der Waals surface area (Å²) in [6.45, 7) is 1.95. The number of fused-ring (bicyclic) bond motifs is 1. The van der Waals surface area contributed by atoms with Crippen molar-refractivity contribution >= 4 is 10.8 Å². The Bertz CT molecular complexity index is 615. The van der Waals surface area contributed by atoms with Crippen LogP contribution in [0, 0.1) is 18.3 Å². The molecule has 86 valence electrons. The Morgan fingerprint density at radius 3 is 2.59 bits per heavy atom. The number of hydrogen-bond acceptors (Lipinski definition) is 4. The topological polar surface area (TPSA) is 55.1 Å². The van der Waals surface area contributed by atoms with Crippen molar-refractivity contribution < 1.29 is 9.47 Å². The molecule has 0 amide bonds. The van der Waals surface area contributed by atoms with Gasteiger partial charge in [0, 0.05) is 23.2 Å². The molecule has 1 heterocycles. The molecule has 4 heteroatoms. The van der Waals surface area contributed by atoms with E-state index in [1.165, 1.54) is 6.20 Å². The highest BCUT2D eigenvalue weighted by Gasteiger charge is 2.15. The lowest BCUT2D eigenvalue weighted by molar-refractivity contribution is 0.358. The van der Waals surface area contributed by atoms with Gasteiger partial charge in [-0.2, -0.15) is 5.26 Å². The van der Waals surface area contributed by atoms with E-state index < -0.39 is 0 Å². The summed E-state index contributed by atoms with van der Waals surface area (Å²) in [6.07, 6.45) is 3.26. The maximum Gasteiger partial charge on any atom is 0.169 e. The van der Waals surface area contributed by atoms with Gasteiger partial charge in [-0.1, -0.05) is 0 Å². The molecule has 0 spiro atoms. The molecule has 0 unspecified atom stereocenters. The maximum absolute atomic E-state index is 9.12. The van der Waals surface area contributed by atoms with E-state index in [0.717, 1.165) is 16.3 Å². The van der Waals surface area contributed by atoms with E-state index >= 15 is 0 Å². The lowest BCUT2D eigenvalue weighted by Crippen LogP contribution is -1.95. The van der Waals surface area contributed by atoms with Crippen LogP contribution in [0.4, 0.5) is 0 Å². The van der Waals surface area contributed by atoms with E-state index in [-0.39, 0.29) is 0 Å². The first-order valence-corrected chi connectivity index (χ1v) is 5.12. The van der Waals surface area contributed by atoms with Crippen LogP contribution in [0.2, 0.25) is 0 Å². The van der Waals surface area contributed by atoms with Crippen LogP contribution >= 0.6 is 0 Å². The number of hydrogen-bond donors (Lipinski definition) is 0. The molecule has 0 aliphatic carbocycles. The van der Waals surface area contributed by atoms with Gasteiger partial charge in [0.15, 0.2) is 11.5 Å². The van der Waals surface area contributed by atoms with Gasteiger partial charge >= 0.3 is 0 Å². The van der Waals surface area contributed by atoms with Gasteiger partial charge in [-0.3, -0.25) is 4.98 Å². The third-order valence-corrected chi connectivity index (χ3v) is 2.71. The molecule has 0 aliphatic rings. The highest BCUT2D eigenvalue weighted by molar-refractivity contribution is 5.96. The molecular formula is C13H12N2O2. The molecule has 1 aromatic heterocycles. The van der Waals surface area contributed by atoms with Crippen LogP contribution in [-0.4, -0.2) is 19.2 Å². The molecule has 1 aromatic carbocycles. The van der Waals surface area contributed by atoms with Crippen molar-refractivity contribution in [3.05, 3.63) is 29.6 Å². The van der Waals surface area contributed by atoms with Gasteiger partial charge in [0.05, 0.1) is 19.8 Å². The monoisotopic (exact) mass is 228 g/mol. The Kier molecular flexibility index (Phi) is 2.84. The van der Waals surface area contributed by atoms with Crippen molar-refractivity contribution in [2.24, 2.45) is 0 Å². The van der Waals surface area contributed by atoms with E-state index in [2.05, 4.69) is 11.1 Å². The van der Waals surface area contributed by atoms with Crippen molar-refractivity contribution in [2.45, 2.75) is 6.92 Å². The molecule has 2 aromatic rings. The molecule has 0 N–H and O–H groups in total. The molecule has 2 rings (SSSR count). The standard InChI is InChI=1S/C13H12N2O2/c1-8-4-11(16-2)13(17-3)12-9(5-14)6-15-7-10(8)12/h4,6-7H,1-3H3. The van der Waals surface area contributed by atoms with Crippen molar-refractivity contribution in [2.75, 3.05) is 14.2 Å². The lowest BCUT2D eigenvalue weighted by Gasteiger charge is -2.13. The Morgan fingerprint density at radius 1 is 1.24 bits per heavy atom. The summed E-state index contributed by atoms with van der Waals surface area (Å²) in [5.41, 5.74) is 1.49. The van der Waals surface area contributed by atoms with E-state index in [1.807, 2.05) is 13.0 Å². The zero-order chi connectivity index (χ0) is 12.4. The van der Waals surface area contributed by atoms with Crippen molar-refractivity contribution in [1.29, 1.82) is 5.26 Å². The van der Waals surface area contributed by atoms with E-state index in [1.54, 1.807) is 20.4 Å². The average Bonchev–Trinajstić information content (AvgIpc) is 2.37. The Hall–Kier alpha value is -2.28. The number of pyridine rings is 1. The lowest BCUT2D eigenvalue weighted by atomic mass is 10.0.